The average Bonchev–Trinajstić information content (AvgIpc) is 3.16. The third-order valence-electron chi connectivity index (χ3n) is 8.16. The monoisotopic (exact) mass is 571 g/mol. The summed E-state index contributed by atoms with van der Waals surface area (Å²) in [6.45, 7) is 5.37. The van der Waals surface area contributed by atoms with E-state index in [9.17, 15) is 14.4 Å². The van der Waals surface area contributed by atoms with Crippen molar-refractivity contribution in [3.05, 3.63) is 64.4 Å². The first-order valence-corrected chi connectivity index (χ1v) is 14.0. The predicted molar refractivity (Wildman–Crippen MR) is 159 cm³/mol. The number of hydrogen-bond acceptors (Lipinski definition) is 8. The van der Waals surface area contributed by atoms with Crippen molar-refractivity contribution in [1.82, 2.24) is 19.4 Å². The molecule has 12 nitrogen and oxygen atoms in total. The zero-order valence-corrected chi connectivity index (χ0v) is 24.1. The first-order valence-electron chi connectivity index (χ1n) is 14.0. The Morgan fingerprint density at radius 1 is 1.10 bits per heavy atom. The highest BCUT2D eigenvalue weighted by Gasteiger charge is 2.31. The highest BCUT2D eigenvalue weighted by Crippen LogP contribution is 2.32. The van der Waals surface area contributed by atoms with E-state index in [4.69, 9.17) is 9.15 Å². The summed E-state index contributed by atoms with van der Waals surface area (Å²) in [6.07, 6.45) is 3.77. The van der Waals surface area contributed by atoms with Crippen LogP contribution in [-0.2, 0) is 18.3 Å². The Morgan fingerprint density at radius 3 is 2.62 bits per heavy atom. The van der Waals surface area contributed by atoms with E-state index in [1.807, 2.05) is 36.1 Å². The number of anilines is 4. The van der Waals surface area contributed by atoms with Gasteiger partial charge >= 0.3 is 11.8 Å². The number of amides is 3. The van der Waals surface area contributed by atoms with Crippen LogP contribution in [0.2, 0.25) is 0 Å². The van der Waals surface area contributed by atoms with Crippen LogP contribution in [0.25, 0.3) is 11.1 Å². The maximum Gasteiger partial charge on any atom is 0.419 e. The number of carbonyl (C=O) groups excluding carboxylic acids is 2. The summed E-state index contributed by atoms with van der Waals surface area (Å²) in [7, 11) is 3.29. The number of aryl methyl sites for hydroxylation is 2. The van der Waals surface area contributed by atoms with Crippen LogP contribution in [0.5, 0.6) is 5.75 Å². The highest BCUT2D eigenvalue weighted by atomic mass is 16.5. The van der Waals surface area contributed by atoms with Gasteiger partial charge in [0.1, 0.15) is 23.7 Å². The van der Waals surface area contributed by atoms with Crippen molar-refractivity contribution in [3.63, 3.8) is 0 Å². The summed E-state index contributed by atoms with van der Waals surface area (Å²) in [5, 5.41) is 3.06. The molecule has 0 unspecified atom stereocenters. The van der Waals surface area contributed by atoms with Gasteiger partial charge < -0.3 is 24.3 Å². The topological polar surface area (TPSA) is 126 Å². The molecule has 2 aromatic heterocycles. The summed E-state index contributed by atoms with van der Waals surface area (Å²) >= 11 is 0. The zero-order valence-electron chi connectivity index (χ0n) is 24.1. The molecule has 2 aliphatic heterocycles. The van der Waals surface area contributed by atoms with E-state index in [2.05, 4.69) is 20.2 Å². The maximum atomic E-state index is 13.1. The molecule has 1 N–H and O–H groups in total. The summed E-state index contributed by atoms with van der Waals surface area (Å²) in [5.41, 5.74) is 4.33. The van der Waals surface area contributed by atoms with Gasteiger partial charge in [-0.3, -0.25) is 14.3 Å². The minimum Gasteiger partial charge on any atom is -0.497 e. The second kappa shape index (κ2) is 10.8. The van der Waals surface area contributed by atoms with Crippen molar-refractivity contribution in [2.24, 2.45) is 7.05 Å². The molecule has 1 fully saturated rings. The molecule has 0 atom stereocenters. The molecule has 0 saturated carbocycles. The Bertz CT molecular complexity index is 1740. The van der Waals surface area contributed by atoms with E-state index < -0.39 is 5.76 Å². The van der Waals surface area contributed by atoms with Crippen LogP contribution < -0.4 is 25.6 Å². The van der Waals surface area contributed by atoms with Crippen molar-refractivity contribution >= 4 is 46.0 Å². The van der Waals surface area contributed by atoms with E-state index in [1.165, 1.54) is 22.7 Å². The van der Waals surface area contributed by atoms with Crippen LogP contribution in [0.1, 0.15) is 30.9 Å². The summed E-state index contributed by atoms with van der Waals surface area (Å²) in [4.78, 5) is 52.5. The lowest BCUT2D eigenvalue weighted by molar-refractivity contribution is -0.115. The van der Waals surface area contributed by atoms with Crippen molar-refractivity contribution in [1.29, 1.82) is 0 Å². The Morgan fingerprint density at radius 2 is 1.88 bits per heavy atom. The quantitative estimate of drug-likeness (QED) is 0.381. The van der Waals surface area contributed by atoms with Crippen molar-refractivity contribution in [3.8, 4) is 5.75 Å². The minimum absolute atomic E-state index is 0.0831. The average molecular weight is 572 g/mol. The van der Waals surface area contributed by atoms with E-state index in [1.54, 1.807) is 26.3 Å². The first kappa shape index (κ1) is 27.3. The van der Waals surface area contributed by atoms with Gasteiger partial charge in [0.05, 0.1) is 18.3 Å². The molecule has 2 aromatic carbocycles. The fourth-order valence-corrected chi connectivity index (χ4v) is 6.04. The van der Waals surface area contributed by atoms with Gasteiger partial charge in [0.25, 0.3) is 0 Å². The van der Waals surface area contributed by atoms with Gasteiger partial charge in [-0.1, -0.05) is 0 Å². The number of nitrogens with zero attached hydrogens (tertiary/aromatic N) is 6. The van der Waals surface area contributed by atoms with Gasteiger partial charge in [-0.25, -0.2) is 19.6 Å². The van der Waals surface area contributed by atoms with Gasteiger partial charge in [0, 0.05) is 57.5 Å². The number of benzene rings is 2. The SMILES string of the molecule is COc1ccc2c(c1)CCN(C1CCN(c3cc(N(C(C)=O)c4cc(C)c5c(c4)oc(=O)n5C)ncn3)CC1)C(=O)N2. The molecule has 42 heavy (non-hydrogen) atoms. The number of piperidine rings is 1. The number of oxazole rings is 1. The molecule has 218 valence electrons. The van der Waals surface area contributed by atoms with Gasteiger partial charge in [-0.15, -0.1) is 0 Å². The van der Waals surface area contributed by atoms with Gasteiger partial charge in [0.2, 0.25) is 5.91 Å². The number of aromatic nitrogens is 3. The number of rotatable bonds is 5. The van der Waals surface area contributed by atoms with Crippen LogP contribution in [0.15, 0.2) is 51.9 Å². The lowest BCUT2D eigenvalue weighted by Gasteiger charge is -2.38. The normalized spacial score (nSPS) is 15.8. The van der Waals surface area contributed by atoms with Gasteiger partial charge in [-0.05, 0) is 61.6 Å². The van der Waals surface area contributed by atoms with Crippen molar-refractivity contribution in [2.75, 3.05) is 41.9 Å². The van der Waals surface area contributed by atoms with Crippen LogP contribution >= 0.6 is 0 Å². The third-order valence-corrected chi connectivity index (χ3v) is 8.16. The first-order chi connectivity index (χ1) is 20.2. The van der Waals surface area contributed by atoms with E-state index >= 15 is 0 Å². The fraction of sp³-hybridized carbons (Fsp3) is 0.367. The minimum atomic E-state index is -0.463. The van der Waals surface area contributed by atoms with E-state index in [0.29, 0.717) is 48.1 Å². The summed E-state index contributed by atoms with van der Waals surface area (Å²) in [6, 6.07) is 11.1. The zero-order chi connectivity index (χ0) is 29.5. The van der Waals surface area contributed by atoms with E-state index in [0.717, 1.165) is 41.8 Å². The number of methoxy groups -OCH3 is 1. The number of urea groups is 1. The van der Waals surface area contributed by atoms with Crippen LogP contribution in [0.4, 0.5) is 27.8 Å². The van der Waals surface area contributed by atoms with Crippen molar-refractivity contribution < 1.29 is 18.7 Å². The molecule has 4 aromatic rings. The standard InChI is InChI=1S/C30H33N7O5/c1-18-13-22(15-25-28(18)34(3)30(40)42-25)37(19(2)38)27-16-26(31-17-32-27)35-10-8-21(9-11-35)36-12-7-20-14-23(41-4)5-6-24(20)33-29(36)39/h5-6,13-17,21H,7-12H2,1-4H3,(H,33,39). The Hall–Kier alpha value is -4.87. The lowest BCUT2D eigenvalue weighted by Crippen LogP contribution is -2.49. The summed E-state index contributed by atoms with van der Waals surface area (Å²) < 4.78 is 12.2. The number of fused-ring (bicyclic) bond motifs is 2. The molecule has 2 aliphatic rings. The fourth-order valence-electron chi connectivity index (χ4n) is 6.04. The largest absolute Gasteiger partial charge is 0.497 e. The molecule has 0 spiro atoms. The van der Waals surface area contributed by atoms with Crippen LogP contribution in [0.3, 0.4) is 0 Å². The number of ether oxygens (including phenoxy) is 1. The van der Waals surface area contributed by atoms with Gasteiger partial charge in [-0.2, -0.15) is 0 Å². The Labute approximate surface area is 242 Å². The molecule has 4 heterocycles. The van der Waals surface area contributed by atoms with E-state index in [-0.39, 0.29) is 18.0 Å². The van der Waals surface area contributed by atoms with Crippen LogP contribution in [0, 0.1) is 6.92 Å². The maximum absolute atomic E-state index is 13.1. The predicted octanol–water partition coefficient (Wildman–Crippen LogP) is 3.98. The molecular formula is C30H33N7O5. The lowest BCUT2D eigenvalue weighted by atomic mass is 10.0. The number of nitrogens with one attached hydrogen (secondary N) is 1. The van der Waals surface area contributed by atoms with Gasteiger partial charge in [0.15, 0.2) is 5.58 Å². The third kappa shape index (κ3) is 4.93. The molecule has 12 heteroatoms. The summed E-state index contributed by atoms with van der Waals surface area (Å²) in [5.74, 6) is 1.20. The second-order valence-corrected chi connectivity index (χ2v) is 10.7. The Kier molecular flexibility index (Phi) is 7.05. The number of carbonyl (C=O) groups is 2. The molecule has 0 aliphatic carbocycles. The molecule has 3 amide bonds. The van der Waals surface area contributed by atoms with Crippen molar-refractivity contribution in [2.45, 2.75) is 39.2 Å². The second-order valence-electron chi connectivity index (χ2n) is 10.7. The molecule has 0 bridgehead atoms. The molecule has 6 rings (SSSR count). The smallest absolute Gasteiger partial charge is 0.419 e. The Balaban J connectivity index is 1.18. The van der Waals surface area contributed by atoms with Crippen LogP contribution in [-0.4, -0.2) is 64.2 Å². The molecular weight excluding hydrogens is 538 g/mol. The molecule has 0 radical (unpaired) electrons. The highest BCUT2D eigenvalue weighted by molar-refractivity contribution is 6.00. The molecule has 1 saturated heterocycles. The number of hydrogen-bond donors (Lipinski definition) is 1.